The van der Waals surface area contributed by atoms with Crippen molar-refractivity contribution in [3.05, 3.63) is 35.1 Å². The van der Waals surface area contributed by atoms with Crippen LogP contribution >= 0.6 is 0 Å². The van der Waals surface area contributed by atoms with Crippen molar-refractivity contribution < 1.29 is 14.3 Å². The highest BCUT2D eigenvalue weighted by molar-refractivity contribution is 5.69. The van der Waals surface area contributed by atoms with Gasteiger partial charge in [-0.2, -0.15) is 0 Å². The van der Waals surface area contributed by atoms with E-state index in [1.807, 2.05) is 18.9 Å². The number of rotatable bonds is 5. The molecule has 0 bridgehead atoms. The van der Waals surface area contributed by atoms with Gasteiger partial charge in [-0.1, -0.05) is 13.0 Å². The van der Waals surface area contributed by atoms with Crippen LogP contribution in [-0.2, 0) is 11.3 Å². The third-order valence-electron chi connectivity index (χ3n) is 2.75. The van der Waals surface area contributed by atoms with Crippen LogP contribution in [0.3, 0.4) is 0 Å². The van der Waals surface area contributed by atoms with Gasteiger partial charge in [0.25, 0.3) is 0 Å². The lowest BCUT2D eigenvalue weighted by molar-refractivity contribution is -0.141. The van der Waals surface area contributed by atoms with Crippen molar-refractivity contribution in [3.8, 4) is 0 Å². The van der Waals surface area contributed by atoms with E-state index in [0.29, 0.717) is 13.1 Å². The third kappa shape index (κ3) is 4.15. The van der Waals surface area contributed by atoms with Crippen LogP contribution in [0.15, 0.2) is 18.2 Å². The molecule has 0 saturated carbocycles. The fourth-order valence-corrected chi connectivity index (χ4v) is 1.74. The second-order valence-corrected chi connectivity index (χ2v) is 4.51. The zero-order valence-corrected chi connectivity index (χ0v) is 10.4. The summed E-state index contributed by atoms with van der Waals surface area (Å²) in [5.41, 5.74) is 1.91. The van der Waals surface area contributed by atoms with E-state index < -0.39 is 11.9 Å². The first-order valence-electron chi connectivity index (χ1n) is 5.56. The maximum absolute atomic E-state index is 12.9. The van der Waals surface area contributed by atoms with E-state index in [0.717, 1.165) is 11.1 Å². The first-order chi connectivity index (χ1) is 7.90. The molecule has 0 radical (unpaired) electrons. The minimum absolute atomic E-state index is 0.243. The van der Waals surface area contributed by atoms with Crippen molar-refractivity contribution in [1.29, 1.82) is 0 Å². The molecule has 1 atom stereocenters. The molecule has 0 heterocycles. The van der Waals surface area contributed by atoms with Crippen LogP contribution in [0.2, 0.25) is 0 Å². The van der Waals surface area contributed by atoms with Crippen LogP contribution in [0.5, 0.6) is 0 Å². The first-order valence-corrected chi connectivity index (χ1v) is 5.56. The Morgan fingerprint density at radius 3 is 2.71 bits per heavy atom. The number of halogens is 1. The van der Waals surface area contributed by atoms with E-state index in [4.69, 9.17) is 5.11 Å². The van der Waals surface area contributed by atoms with Crippen LogP contribution in [0.25, 0.3) is 0 Å². The Morgan fingerprint density at radius 1 is 1.53 bits per heavy atom. The first kappa shape index (κ1) is 13.6. The summed E-state index contributed by atoms with van der Waals surface area (Å²) in [7, 11) is 1.86. The molecule has 17 heavy (non-hydrogen) atoms. The summed E-state index contributed by atoms with van der Waals surface area (Å²) in [4.78, 5) is 12.7. The zero-order valence-electron chi connectivity index (χ0n) is 10.4. The highest BCUT2D eigenvalue weighted by Crippen LogP contribution is 2.12. The van der Waals surface area contributed by atoms with E-state index in [2.05, 4.69) is 0 Å². The molecular formula is C13H18FNO2. The Balaban J connectivity index is 2.62. The topological polar surface area (TPSA) is 40.5 Å². The Hall–Kier alpha value is -1.42. The largest absolute Gasteiger partial charge is 0.481 e. The second-order valence-electron chi connectivity index (χ2n) is 4.51. The van der Waals surface area contributed by atoms with Crippen LogP contribution in [0, 0.1) is 18.7 Å². The summed E-state index contributed by atoms with van der Waals surface area (Å²) in [6.07, 6.45) is 0. The van der Waals surface area contributed by atoms with Gasteiger partial charge in [-0.3, -0.25) is 4.79 Å². The van der Waals surface area contributed by atoms with Crippen molar-refractivity contribution in [2.24, 2.45) is 5.92 Å². The van der Waals surface area contributed by atoms with E-state index in [9.17, 15) is 9.18 Å². The van der Waals surface area contributed by atoms with Gasteiger partial charge in [0.1, 0.15) is 5.82 Å². The molecule has 0 aromatic heterocycles. The van der Waals surface area contributed by atoms with E-state index >= 15 is 0 Å². The average Bonchev–Trinajstić information content (AvgIpc) is 2.22. The lowest BCUT2D eigenvalue weighted by Gasteiger charge is -2.20. The van der Waals surface area contributed by atoms with Gasteiger partial charge in [-0.05, 0) is 37.2 Å². The maximum atomic E-state index is 12.9. The van der Waals surface area contributed by atoms with Gasteiger partial charge in [0.2, 0.25) is 0 Å². The monoisotopic (exact) mass is 239 g/mol. The van der Waals surface area contributed by atoms with Crippen LogP contribution in [0.1, 0.15) is 18.1 Å². The van der Waals surface area contributed by atoms with Gasteiger partial charge in [0.05, 0.1) is 5.92 Å². The number of nitrogens with zero attached hydrogens (tertiary/aromatic N) is 1. The SMILES string of the molecule is Cc1cc(F)ccc1CN(C)CC(C)C(=O)O. The van der Waals surface area contributed by atoms with Crippen molar-refractivity contribution in [2.75, 3.05) is 13.6 Å². The number of hydrogen-bond donors (Lipinski definition) is 1. The van der Waals surface area contributed by atoms with E-state index in [1.165, 1.54) is 12.1 Å². The Bertz CT molecular complexity index is 406. The van der Waals surface area contributed by atoms with E-state index in [1.54, 1.807) is 13.0 Å². The Kier molecular flexibility index (Phi) is 4.63. The number of carboxylic acid groups (broad SMARTS) is 1. The minimum atomic E-state index is -0.798. The fraction of sp³-hybridized carbons (Fsp3) is 0.462. The van der Waals surface area contributed by atoms with Crippen LogP contribution < -0.4 is 0 Å². The standard InChI is InChI=1S/C13H18FNO2/c1-9-6-12(14)5-4-11(9)8-15(3)7-10(2)13(16)17/h4-6,10H,7-8H2,1-3H3,(H,16,17). The quantitative estimate of drug-likeness (QED) is 0.857. The maximum Gasteiger partial charge on any atom is 0.307 e. The van der Waals surface area contributed by atoms with Gasteiger partial charge >= 0.3 is 5.97 Å². The highest BCUT2D eigenvalue weighted by atomic mass is 19.1. The Labute approximate surface area is 101 Å². The van der Waals surface area contributed by atoms with E-state index in [-0.39, 0.29) is 5.82 Å². The Morgan fingerprint density at radius 2 is 2.18 bits per heavy atom. The molecule has 1 unspecified atom stereocenters. The summed E-state index contributed by atoms with van der Waals surface area (Å²) in [5.74, 6) is -1.44. The molecule has 0 aliphatic heterocycles. The number of carboxylic acids is 1. The van der Waals surface area contributed by atoms with Crippen molar-refractivity contribution >= 4 is 5.97 Å². The predicted octanol–water partition coefficient (Wildman–Crippen LogP) is 2.29. The summed E-state index contributed by atoms with van der Waals surface area (Å²) in [6.45, 7) is 4.64. The molecular weight excluding hydrogens is 221 g/mol. The molecule has 0 spiro atoms. The number of carbonyl (C=O) groups is 1. The highest BCUT2D eigenvalue weighted by Gasteiger charge is 2.14. The molecule has 1 aromatic carbocycles. The third-order valence-corrected chi connectivity index (χ3v) is 2.75. The number of aryl methyl sites for hydroxylation is 1. The molecule has 94 valence electrons. The molecule has 0 aliphatic carbocycles. The van der Waals surface area contributed by atoms with Gasteiger partial charge in [0, 0.05) is 13.1 Å². The zero-order chi connectivity index (χ0) is 13.0. The van der Waals surface area contributed by atoms with Crippen molar-refractivity contribution in [2.45, 2.75) is 20.4 Å². The smallest absolute Gasteiger partial charge is 0.307 e. The molecule has 1 rings (SSSR count). The minimum Gasteiger partial charge on any atom is -0.481 e. The molecule has 0 fully saturated rings. The van der Waals surface area contributed by atoms with Gasteiger partial charge in [-0.15, -0.1) is 0 Å². The van der Waals surface area contributed by atoms with Gasteiger partial charge < -0.3 is 10.0 Å². The number of benzene rings is 1. The lowest BCUT2D eigenvalue weighted by atomic mass is 10.1. The van der Waals surface area contributed by atoms with Gasteiger partial charge in [0.15, 0.2) is 0 Å². The van der Waals surface area contributed by atoms with Crippen molar-refractivity contribution in [1.82, 2.24) is 4.90 Å². The second kappa shape index (κ2) is 5.77. The summed E-state index contributed by atoms with van der Waals surface area (Å²) < 4.78 is 12.9. The molecule has 0 saturated heterocycles. The summed E-state index contributed by atoms with van der Waals surface area (Å²) in [5, 5.41) is 8.81. The summed E-state index contributed by atoms with van der Waals surface area (Å²) >= 11 is 0. The predicted molar refractivity (Wildman–Crippen MR) is 64.3 cm³/mol. The molecule has 3 nitrogen and oxygen atoms in total. The summed E-state index contributed by atoms with van der Waals surface area (Å²) in [6, 6.07) is 4.66. The van der Waals surface area contributed by atoms with Gasteiger partial charge in [-0.25, -0.2) is 4.39 Å². The molecule has 4 heteroatoms. The molecule has 0 aliphatic rings. The molecule has 0 amide bonds. The number of aliphatic carboxylic acids is 1. The van der Waals surface area contributed by atoms with Crippen molar-refractivity contribution in [3.63, 3.8) is 0 Å². The van der Waals surface area contributed by atoms with Crippen LogP contribution in [0.4, 0.5) is 4.39 Å². The number of hydrogen-bond acceptors (Lipinski definition) is 2. The lowest BCUT2D eigenvalue weighted by Crippen LogP contribution is -2.28. The van der Waals surface area contributed by atoms with Crippen LogP contribution in [-0.4, -0.2) is 29.6 Å². The normalized spacial score (nSPS) is 12.8. The average molecular weight is 239 g/mol. The molecule has 1 aromatic rings. The fourth-order valence-electron chi connectivity index (χ4n) is 1.74. The molecule has 1 N–H and O–H groups in total.